The van der Waals surface area contributed by atoms with E-state index in [1.165, 1.54) is 103 Å². The fraction of sp³-hybridized carbons (Fsp3) is 0. The Bertz CT molecular complexity index is 3490. The second-order valence-corrected chi connectivity index (χ2v) is 15.9. The predicted octanol–water partition coefficient (Wildman–Crippen LogP) is 15.2. The molecule has 0 fully saturated rings. The maximum Gasteiger partial charge on any atom is 0.0640 e. The molecule has 0 aliphatic carbocycles. The summed E-state index contributed by atoms with van der Waals surface area (Å²) < 4.78 is 7.54. The van der Waals surface area contributed by atoms with Gasteiger partial charge in [-0.1, -0.05) is 146 Å². The third kappa shape index (κ3) is 4.96. The lowest BCUT2D eigenvalue weighted by atomic mass is 9.97. The lowest BCUT2D eigenvalue weighted by Gasteiger charge is -2.11. The van der Waals surface area contributed by atoms with Gasteiger partial charge in [-0.3, -0.25) is 0 Å². The minimum Gasteiger partial charge on any atom is -0.309 e. The van der Waals surface area contributed by atoms with Crippen LogP contribution in [0.4, 0.5) is 0 Å². The number of hydrogen-bond acceptors (Lipinski definition) is 1. The summed E-state index contributed by atoms with van der Waals surface area (Å²) in [7, 11) is 0. The summed E-state index contributed by atoms with van der Waals surface area (Å²) in [5.74, 6) is 0. The van der Waals surface area contributed by atoms with Gasteiger partial charge >= 0.3 is 0 Å². The van der Waals surface area contributed by atoms with E-state index in [4.69, 9.17) is 0 Å². The van der Waals surface area contributed by atoms with E-state index in [0.717, 1.165) is 5.69 Å². The zero-order chi connectivity index (χ0) is 37.5. The quantitative estimate of drug-likeness (QED) is 0.166. The zero-order valence-corrected chi connectivity index (χ0v) is 31.7. The van der Waals surface area contributed by atoms with Crippen molar-refractivity contribution in [1.29, 1.82) is 0 Å². The van der Waals surface area contributed by atoms with Crippen LogP contribution in [-0.4, -0.2) is 9.13 Å². The summed E-state index contributed by atoms with van der Waals surface area (Å²) in [4.78, 5) is 0. The van der Waals surface area contributed by atoms with Crippen LogP contribution in [0.2, 0.25) is 0 Å². The van der Waals surface area contributed by atoms with E-state index in [1.54, 1.807) is 0 Å². The van der Waals surface area contributed by atoms with Crippen LogP contribution in [0.25, 0.3) is 109 Å². The Morgan fingerprint density at radius 2 is 0.877 bits per heavy atom. The van der Waals surface area contributed by atoms with Gasteiger partial charge in [0.1, 0.15) is 0 Å². The molecule has 3 aromatic heterocycles. The van der Waals surface area contributed by atoms with Gasteiger partial charge in [-0.2, -0.15) is 0 Å². The smallest absolute Gasteiger partial charge is 0.0640 e. The largest absolute Gasteiger partial charge is 0.309 e. The van der Waals surface area contributed by atoms with E-state index in [0.29, 0.717) is 0 Å². The summed E-state index contributed by atoms with van der Waals surface area (Å²) in [5, 5.41) is 7.65. The van der Waals surface area contributed by atoms with Gasteiger partial charge in [0.25, 0.3) is 0 Å². The van der Waals surface area contributed by atoms with E-state index < -0.39 is 0 Å². The first-order valence-electron chi connectivity index (χ1n) is 19.5. The number of thiophene rings is 1. The van der Waals surface area contributed by atoms with Crippen molar-refractivity contribution in [2.75, 3.05) is 0 Å². The summed E-state index contributed by atoms with van der Waals surface area (Å²) in [6.07, 6.45) is 0. The Morgan fingerprint density at radius 1 is 0.316 bits per heavy atom. The number of benzene rings is 9. The number of rotatable bonds is 5. The maximum absolute atomic E-state index is 2.47. The lowest BCUT2D eigenvalue weighted by molar-refractivity contribution is 1.18. The van der Waals surface area contributed by atoms with Gasteiger partial charge in [-0.25, -0.2) is 0 Å². The molecule has 0 unspecified atom stereocenters. The molecule has 0 radical (unpaired) electrons. The van der Waals surface area contributed by atoms with Gasteiger partial charge in [0.05, 0.1) is 32.5 Å². The summed E-state index contributed by atoms with van der Waals surface area (Å²) >= 11 is 1.88. The summed E-state index contributed by atoms with van der Waals surface area (Å²) in [5.41, 5.74) is 14.5. The molecular weight excluding hydrogens is 709 g/mol. The molecule has 3 heteroatoms. The highest BCUT2D eigenvalue weighted by molar-refractivity contribution is 7.26. The van der Waals surface area contributed by atoms with E-state index >= 15 is 0 Å². The molecule has 266 valence electrons. The predicted molar refractivity (Wildman–Crippen MR) is 244 cm³/mol. The number of hydrogen-bond donors (Lipinski definition) is 0. The second-order valence-electron chi connectivity index (χ2n) is 14.9. The molecule has 12 aromatic rings. The van der Waals surface area contributed by atoms with Crippen LogP contribution in [0.5, 0.6) is 0 Å². The molecule has 0 spiro atoms. The molecule has 3 heterocycles. The first kappa shape index (κ1) is 32.1. The minimum atomic E-state index is 1.15. The Kier molecular flexibility index (Phi) is 7.13. The molecule has 9 aromatic carbocycles. The number of aromatic nitrogens is 2. The second kappa shape index (κ2) is 12.7. The van der Waals surface area contributed by atoms with Crippen molar-refractivity contribution in [1.82, 2.24) is 9.13 Å². The molecule has 0 saturated carbocycles. The topological polar surface area (TPSA) is 9.86 Å². The minimum absolute atomic E-state index is 1.15. The van der Waals surface area contributed by atoms with Crippen molar-refractivity contribution in [3.05, 3.63) is 206 Å². The average Bonchev–Trinajstić information content (AvgIpc) is 3.94. The van der Waals surface area contributed by atoms with Crippen LogP contribution in [0.3, 0.4) is 0 Å². The zero-order valence-electron chi connectivity index (χ0n) is 30.9. The van der Waals surface area contributed by atoms with Crippen molar-refractivity contribution in [2.45, 2.75) is 0 Å². The van der Waals surface area contributed by atoms with Gasteiger partial charge in [-0.15, -0.1) is 11.3 Å². The lowest BCUT2D eigenvalue weighted by Crippen LogP contribution is -1.94. The normalized spacial score (nSPS) is 11.9. The van der Waals surface area contributed by atoms with Crippen molar-refractivity contribution in [3.63, 3.8) is 0 Å². The van der Waals surface area contributed by atoms with Crippen LogP contribution in [0.15, 0.2) is 206 Å². The molecule has 0 N–H and O–H groups in total. The molecule has 0 saturated heterocycles. The highest BCUT2D eigenvalue weighted by Gasteiger charge is 2.20. The van der Waals surface area contributed by atoms with E-state index in [9.17, 15) is 0 Å². The Morgan fingerprint density at radius 3 is 1.67 bits per heavy atom. The van der Waals surface area contributed by atoms with Crippen molar-refractivity contribution < 1.29 is 0 Å². The van der Waals surface area contributed by atoms with Gasteiger partial charge in [0, 0.05) is 42.7 Å². The molecule has 12 rings (SSSR count). The fourth-order valence-corrected chi connectivity index (χ4v) is 10.3. The first-order chi connectivity index (χ1) is 28.3. The van der Waals surface area contributed by atoms with E-state index in [-0.39, 0.29) is 0 Å². The molecule has 57 heavy (non-hydrogen) atoms. The monoisotopic (exact) mass is 742 g/mol. The number of fused-ring (bicyclic) bond motifs is 9. The van der Waals surface area contributed by atoms with Crippen molar-refractivity contribution >= 4 is 75.1 Å². The Balaban J connectivity index is 1.06. The Labute approximate surface area is 333 Å². The van der Waals surface area contributed by atoms with E-state index in [2.05, 4.69) is 215 Å². The average molecular weight is 743 g/mol. The van der Waals surface area contributed by atoms with Crippen LogP contribution in [-0.2, 0) is 0 Å². The van der Waals surface area contributed by atoms with Crippen LogP contribution in [0, 0.1) is 0 Å². The first-order valence-corrected chi connectivity index (χ1v) is 20.3. The number of para-hydroxylation sites is 1. The fourth-order valence-electron chi connectivity index (χ4n) is 9.14. The third-order valence-electron chi connectivity index (χ3n) is 11.7. The van der Waals surface area contributed by atoms with E-state index in [1.807, 2.05) is 11.3 Å². The van der Waals surface area contributed by atoms with Crippen LogP contribution in [0.1, 0.15) is 0 Å². The molecule has 0 bridgehead atoms. The summed E-state index contributed by atoms with van der Waals surface area (Å²) in [6.45, 7) is 0. The maximum atomic E-state index is 2.47. The van der Waals surface area contributed by atoms with Gasteiger partial charge in [0.2, 0.25) is 0 Å². The molecule has 0 atom stereocenters. The standard InChI is InChI=1S/C54H34N2S/c1-3-13-35(14-4-1)36-25-29-40(30-26-36)55-49-32-28-39(34-46(49)53-41(19-11-22-50(53)55)37-15-5-2-6-16-37)38-27-31-48-45(33-38)42-17-7-9-21-47(42)56(48)51-23-12-20-44-43-18-8-10-24-52(43)57-54(44)51/h1-34H. The van der Waals surface area contributed by atoms with Gasteiger partial charge in [-0.05, 0) is 94.0 Å². The molecule has 0 aliphatic rings. The molecule has 0 aliphatic heterocycles. The third-order valence-corrected chi connectivity index (χ3v) is 12.9. The Hall–Kier alpha value is -7.20. The van der Waals surface area contributed by atoms with Gasteiger partial charge in [0.15, 0.2) is 0 Å². The highest BCUT2D eigenvalue weighted by Crippen LogP contribution is 2.43. The molecule has 0 amide bonds. The molecular formula is C54H34N2S. The van der Waals surface area contributed by atoms with Crippen molar-refractivity contribution in [2.24, 2.45) is 0 Å². The van der Waals surface area contributed by atoms with Crippen LogP contribution >= 0.6 is 11.3 Å². The molecule has 2 nitrogen and oxygen atoms in total. The van der Waals surface area contributed by atoms with Gasteiger partial charge < -0.3 is 9.13 Å². The summed E-state index contributed by atoms with van der Waals surface area (Å²) in [6, 6.07) is 75.6. The number of nitrogens with zero attached hydrogens (tertiary/aromatic N) is 2. The SMILES string of the molecule is c1ccc(-c2ccc(-n3c4ccc(-c5ccc6c(c5)c5ccccc5n6-c5cccc6c5sc5ccccc56)cc4c4c(-c5ccccc5)cccc43)cc2)cc1. The van der Waals surface area contributed by atoms with Crippen LogP contribution < -0.4 is 0 Å². The highest BCUT2D eigenvalue weighted by atomic mass is 32.1. The van der Waals surface area contributed by atoms with Crippen molar-refractivity contribution in [3.8, 4) is 44.8 Å².